The van der Waals surface area contributed by atoms with Crippen molar-refractivity contribution in [3.05, 3.63) is 29.8 Å². The second-order valence-electron chi connectivity index (χ2n) is 4.84. The average molecular weight is 269 g/mol. The van der Waals surface area contributed by atoms with Gasteiger partial charge in [-0.1, -0.05) is 25.1 Å². The van der Waals surface area contributed by atoms with Gasteiger partial charge in [0.15, 0.2) is 9.84 Å². The number of benzene rings is 1. The first-order chi connectivity index (χ1) is 8.54. The van der Waals surface area contributed by atoms with Crippen LogP contribution < -0.4 is 5.32 Å². The van der Waals surface area contributed by atoms with E-state index in [4.69, 9.17) is 4.74 Å². The number of sulfone groups is 1. The summed E-state index contributed by atoms with van der Waals surface area (Å²) in [5.74, 6) is 0.525. The Bertz CT molecular complexity index is 513. The zero-order valence-electron chi connectivity index (χ0n) is 10.7. The minimum atomic E-state index is -3.11. The molecule has 2 unspecified atom stereocenters. The molecule has 1 aromatic carbocycles. The zero-order chi connectivity index (χ0) is 13.2. The summed E-state index contributed by atoms with van der Waals surface area (Å²) in [6, 6.07) is 7.13. The second-order valence-corrected chi connectivity index (χ2v) is 6.84. The molecule has 2 atom stereocenters. The normalized spacial score (nSPS) is 22.7. The van der Waals surface area contributed by atoms with Crippen LogP contribution in [0, 0.1) is 5.92 Å². The highest BCUT2D eigenvalue weighted by molar-refractivity contribution is 7.91. The Morgan fingerprint density at radius 2 is 2.17 bits per heavy atom. The van der Waals surface area contributed by atoms with Gasteiger partial charge in [-0.3, -0.25) is 0 Å². The first kappa shape index (κ1) is 13.5. The van der Waals surface area contributed by atoms with E-state index in [-0.39, 0.29) is 11.8 Å². The molecule has 2 rings (SSSR count). The third kappa shape index (κ3) is 2.74. The summed E-state index contributed by atoms with van der Waals surface area (Å²) in [7, 11) is -1.44. The van der Waals surface area contributed by atoms with Crippen molar-refractivity contribution < 1.29 is 13.2 Å². The lowest BCUT2D eigenvalue weighted by Gasteiger charge is -2.16. The van der Waals surface area contributed by atoms with Crippen molar-refractivity contribution in [1.29, 1.82) is 0 Å². The van der Waals surface area contributed by atoms with Crippen LogP contribution in [-0.4, -0.2) is 34.4 Å². The van der Waals surface area contributed by atoms with Crippen LogP contribution >= 0.6 is 0 Å². The van der Waals surface area contributed by atoms with Crippen LogP contribution in [-0.2, 0) is 14.6 Å². The van der Waals surface area contributed by atoms with Crippen LogP contribution in [0.25, 0.3) is 0 Å². The summed E-state index contributed by atoms with van der Waals surface area (Å²) in [4.78, 5) is 0.474. The van der Waals surface area contributed by atoms with Crippen molar-refractivity contribution in [3.8, 4) is 0 Å². The van der Waals surface area contributed by atoms with E-state index in [0.29, 0.717) is 17.4 Å². The minimum Gasteiger partial charge on any atom is -0.384 e. The van der Waals surface area contributed by atoms with Crippen LogP contribution in [0.1, 0.15) is 18.5 Å². The maximum Gasteiger partial charge on any atom is 0.180 e. The molecule has 4 nitrogen and oxygen atoms in total. The lowest BCUT2D eigenvalue weighted by molar-refractivity contribution is 0.157. The molecule has 0 bridgehead atoms. The molecular weight excluding hydrogens is 250 g/mol. The van der Waals surface area contributed by atoms with E-state index in [2.05, 4.69) is 12.2 Å². The van der Waals surface area contributed by atoms with Gasteiger partial charge in [-0.2, -0.15) is 0 Å². The van der Waals surface area contributed by atoms with Gasteiger partial charge < -0.3 is 10.1 Å². The fourth-order valence-electron chi connectivity index (χ4n) is 2.31. The van der Waals surface area contributed by atoms with E-state index in [9.17, 15) is 8.42 Å². The molecule has 5 heteroatoms. The van der Waals surface area contributed by atoms with Gasteiger partial charge in [-0.15, -0.1) is 0 Å². The highest BCUT2D eigenvalue weighted by atomic mass is 32.2. The Morgan fingerprint density at radius 1 is 1.44 bits per heavy atom. The van der Waals surface area contributed by atoms with Crippen molar-refractivity contribution in [1.82, 2.24) is 5.32 Å². The number of methoxy groups -OCH3 is 1. The SMILES string of the molecule is COCC(C)CNC1CS(=O)(=O)c2ccccc21. The highest BCUT2D eigenvalue weighted by Crippen LogP contribution is 2.32. The summed E-state index contributed by atoms with van der Waals surface area (Å²) in [5, 5.41) is 3.32. The molecule has 0 saturated carbocycles. The number of fused-ring (bicyclic) bond motifs is 1. The third-order valence-electron chi connectivity index (χ3n) is 3.18. The molecule has 1 N–H and O–H groups in total. The standard InChI is InChI=1S/C13H19NO3S/c1-10(8-17-2)7-14-12-9-18(15,16)13-6-4-3-5-11(12)13/h3-6,10,12,14H,7-9H2,1-2H3. The van der Waals surface area contributed by atoms with Crippen molar-refractivity contribution in [3.63, 3.8) is 0 Å². The van der Waals surface area contributed by atoms with E-state index in [1.54, 1.807) is 19.2 Å². The fourth-order valence-corrected chi connectivity index (χ4v) is 4.08. The van der Waals surface area contributed by atoms with Crippen molar-refractivity contribution in [2.75, 3.05) is 26.0 Å². The molecule has 0 aliphatic carbocycles. The zero-order valence-corrected chi connectivity index (χ0v) is 11.5. The van der Waals surface area contributed by atoms with Crippen molar-refractivity contribution >= 4 is 9.84 Å². The van der Waals surface area contributed by atoms with Gasteiger partial charge in [0.05, 0.1) is 10.6 Å². The van der Waals surface area contributed by atoms with Gasteiger partial charge in [-0.05, 0) is 17.5 Å². The largest absolute Gasteiger partial charge is 0.384 e. The van der Waals surface area contributed by atoms with E-state index in [1.165, 1.54) is 0 Å². The maximum absolute atomic E-state index is 12.0. The van der Waals surface area contributed by atoms with E-state index >= 15 is 0 Å². The highest BCUT2D eigenvalue weighted by Gasteiger charge is 2.33. The summed E-state index contributed by atoms with van der Waals surface area (Å²) in [6.45, 7) is 3.50. The number of hydrogen-bond acceptors (Lipinski definition) is 4. The Balaban J connectivity index is 2.09. The van der Waals surface area contributed by atoms with Crippen LogP contribution in [0.15, 0.2) is 29.2 Å². The summed E-state index contributed by atoms with van der Waals surface area (Å²) in [5.41, 5.74) is 0.891. The Morgan fingerprint density at radius 3 is 2.89 bits per heavy atom. The maximum atomic E-state index is 12.0. The summed E-state index contributed by atoms with van der Waals surface area (Å²) < 4.78 is 29.0. The number of ether oxygens (including phenoxy) is 1. The minimum absolute atomic E-state index is 0.0921. The molecule has 0 aromatic heterocycles. The quantitative estimate of drug-likeness (QED) is 0.877. The van der Waals surface area contributed by atoms with Gasteiger partial charge in [-0.25, -0.2) is 8.42 Å². The van der Waals surface area contributed by atoms with Crippen molar-refractivity contribution in [2.45, 2.75) is 17.9 Å². The van der Waals surface area contributed by atoms with Gasteiger partial charge in [0.2, 0.25) is 0 Å². The molecule has 18 heavy (non-hydrogen) atoms. The molecular formula is C13H19NO3S. The molecule has 0 amide bonds. The van der Waals surface area contributed by atoms with Crippen molar-refractivity contribution in [2.24, 2.45) is 5.92 Å². The van der Waals surface area contributed by atoms with Crippen LogP contribution in [0.2, 0.25) is 0 Å². The predicted octanol–water partition coefficient (Wildman–Crippen LogP) is 1.39. The summed E-state index contributed by atoms with van der Waals surface area (Å²) >= 11 is 0. The Kier molecular flexibility index (Phi) is 4.04. The monoisotopic (exact) mass is 269 g/mol. The van der Waals surface area contributed by atoms with E-state index < -0.39 is 9.84 Å². The van der Waals surface area contributed by atoms with E-state index in [0.717, 1.165) is 12.1 Å². The Labute approximate surface area is 108 Å². The topological polar surface area (TPSA) is 55.4 Å². The molecule has 0 radical (unpaired) electrons. The molecule has 1 heterocycles. The smallest absolute Gasteiger partial charge is 0.180 e. The predicted molar refractivity (Wildman–Crippen MR) is 70.3 cm³/mol. The van der Waals surface area contributed by atoms with Gasteiger partial charge >= 0.3 is 0 Å². The molecule has 1 aromatic rings. The van der Waals surface area contributed by atoms with Gasteiger partial charge in [0.25, 0.3) is 0 Å². The second kappa shape index (κ2) is 5.38. The lowest BCUT2D eigenvalue weighted by atomic mass is 10.1. The molecule has 0 fully saturated rings. The molecule has 1 aliphatic rings. The fraction of sp³-hybridized carbons (Fsp3) is 0.538. The summed E-state index contributed by atoms with van der Waals surface area (Å²) in [6.07, 6.45) is 0. The van der Waals surface area contributed by atoms with Gasteiger partial charge in [0, 0.05) is 26.3 Å². The van der Waals surface area contributed by atoms with Gasteiger partial charge in [0.1, 0.15) is 0 Å². The molecule has 1 aliphatic heterocycles. The number of nitrogens with one attached hydrogen (secondary N) is 1. The van der Waals surface area contributed by atoms with Crippen LogP contribution in [0.4, 0.5) is 0 Å². The average Bonchev–Trinajstić information content (AvgIpc) is 2.60. The third-order valence-corrected chi connectivity index (χ3v) is 4.99. The molecule has 0 spiro atoms. The van der Waals surface area contributed by atoms with E-state index in [1.807, 2.05) is 12.1 Å². The lowest BCUT2D eigenvalue weighted by Crippen LogP contribution is -2.29. The molecule has 100 valence electrons. The molecule has 0 saturated heterocycles. The number of rotatable bonds is 5. The first-order valence-corrected chi connectivity index (χ1v) is 7.74. The van der Waals surface area contributed by atoms with Crippen LogP contribution in [0.5, 0.6) is 0 Å². The van der Waals surface area contributed by atoms with Crippen LogP contribution in [0.3, 0.4) is 0 Å². The first-order valence-electron chi connectivity index (χ1n) is 6.08. The number of hydrogen-bond donors (Lipinski definition) is 1. The Hall–Kier alpha value is -0.910.